The number of carbonyl (C=O) groups is 2. The molecule has 0 saturated carbocycles. The Labute approximate surface area is 171 Å². The second-order valence-corrected chi connectivity index (χ2v) is 8.47. The number of nitrogens with two attached hydrogens (primary N) is 1. The smallest absolute Gasteiger partial charge is 0.250 e. The Bertz CT molecular complexity index is 912. The monoisotopic (exact) mass is 392 g/mol. The van der Waals surface area contributed by atoms with Crippen LogP contribution in [0.4, 0.5) is 11.4 Å². The lowest BCUT2D eigenvalue weighted by molar-refractivity contribution is -0.127. The summed E-state index contributed by atoms with van der Waals surface area (Å²) in [5.74, 6) is 0.392. The number of benzene rings is 2. The van der Waals surface area contributed by atoms with E-state index in [1.54, 1.807) is 18.7 Å². The van der Waals surface area contributed by atoms with Crippen molar-refractivity contribution in [2.45, 2.75) is 25.3 Å². The molecule has 2 aromatic carbocycles. The number of fused-ring (bicyclic) bond motifs is 1. The van der Waals surface area contributed by atoms with Crippen LogP contribution in [0.15, 0.2) is 54.6 Å². The van der Waals surface area contributed by atoms with E-state index in [9.17, 15) is 9.59 Å². The van der Waals surface area contributed by atoms with E-state index in [0.29, 0.717) is 24.1 Å². The largest absolute Gasteiger partial charge is 0.330 e. The summed E-state index contributed by atoms with van der Waals surface area (Å²) < 4.78 is 0. The Kier molecular flexibility index (Phi) is 5.15. The van der Waals surface area contributed by atoms with E-state index in [-0.39, 0.29) is 18.4 Å². The fourth-order valence-corrected chi connectivity index (χ4v) is 4.57. The highest BCUT2D eigenvalue weighted by Gasteiger charge is 2.44. The maximum absolute atomic E-state index is 13.4. The SMILES string of the molecule is CC1(C)C(=O)Nc2ccccc2N1C(=O)CN1C[C@@H](CN)[C@H](c2ccccc2)C1. The quantitative estimate of drug-likeness (QED) is 0.838. The summed E-state index contributed by atoms with van der Waals surface area (Å²) in [7, 11) is 0. The van der Waals surface area contributed by atoms with Crippen LogP contribution in [0.3, 0.4) is 0 Å². The summed E-state index contributed by atoms with van der Waals surface area (Å²) in [4.78, 5) is 29.8. The lowest BCUT2D eigenvalue weighted by Gasteiger charge is -2.42. The molecular weight excluding hydrogens is 364 g/mol. The maximum atomic E-state index is 13.4. The molecular formula is C23H28N4O2. The second kappa shape index (κ2) is 7.61. The predicted octanol–water partition coefficient (Wildman–Crippen LogP) is 2.42. The number of anilines is 2. The van der Waals surface area contributed by atoms with Crippen molar-refractivity contribution < 1.29 is 9.59 Å². The lowest BCUT2D eigenvalue weighted by atomic mass is 9.89. The van der Waals surface area contributed by atoms with Gasteiger partial charge >= 0.3 is 0 Å². The highest BCUT2D eigenvalue weighted by molar-refractivity contribution is 6.14. The Balaban J connectivity index is 1.55. The molecule has 2 aromatic rings. The van der Waals surface area contributed by atoms with Gasteiger partial charge in [0.05, 0.1) is 17.9 Å². The summed E-state index contributed by atoms with van der Waals surface area (Å²) in [5, 5.41) is 2.91. The number of nitrogens with zero attached hydrogens (tertiary/aromatic N) is 2. The van der Waals surface area contributed by atoms with Crippen LogP contribution in [0, 0.1) is 5.92 Å². The van der Waals surface area contributed by atoms with E-state index in [1.165, 1.54) is 5.56 Å². The normalized spacial score (nSPS) is 23.6. The van der Waals surface area contributed by atoms with Gasteiger partial charge in [-0.2, -0.15) is 0 Å². The Morgan fingerprint density at radius 1 is 1.10 bits per heavy atom. The van der Waals surface area contributed by atoms with Crippen LogP contribution in [0.2, 0.25) is 0 Å². The minimum absolute atomic E-state index is 0.0678. The molecule has 0 unspecified atom stereocenters. The first-order chi connectivity index (χ1) is 13.9. The minimum Gasteiger partial charge on any atom is -0.330 e. The first kappa shape index (κ1) is 19.6. The molecule has 2 atom stereocenters. The van der Waals surface area contributed by atoms with Gasteiger partial charge in [0, 0.05) is 19.0 Å². The average molecular weight is 393 g/mol. The summed E-state index contributed by atoms with van der Waals surface area (Å²) in [6.07, 6.45) is 0. The molecule has 6 nitrogen and oxygen atoms in total. The van der Waals surface area contributed by atoms with E-state index < -0.39 is 5.54 Å². The second-order valence-electron chi connectivity index (χ2n) is 8.47. The van der Waals surface area contributed by atoms with E-state index in [1.807, 2.05) is 42.5 Å². The van der Waals surface area contributed by atoms with Crippen molar-refractivity contribution >= 4 is 23.2 Å². The third-order valence-electron chi connectivity index (χ3n) is 6.16. The van der Waals surface area contributed by atoms with Crippen molar-refractivity contribution in [1.29, 1.82) is 0 Å². The highest BCUT2D eigenvalue weighted by Crippen LogP contribution is 2.37. The molecule has 0 bridgehead atoms. The molecule has 0 aromatic heterocycles. The maximum Gasteiger partial charge on any atom is 0.250 e. The van der Waals surface area contributed by atoms with Gasteiger partial charge in [-0.25, -0.2) is 0 Å². The van der Waals surface area contributed by atoms with Gasteiger partial charge in [-0.05, 0) is 44.0 Å². The van der Waals surface area contributed by atoms with Crippen molar-refractivity contribution in [2.24, 2.45) is 11.7 Å². The zero-order chi connectivity index (χ0) is 20.6. The third-order valence-corrected chi connectivity index (χ3v) is 6.16. The fourth-order valence-electron chi connectivity index (χ4n) is 4.57. The molecule has 2 aliphatic heterocycles. The van der Waals surface area contributed by atoms with Gasteiger partial charge in [-0.1, -0.05) is 42.5 Å². The van der Waals surface area contributed by atoms with Gasteiger partial charge in [-0.15, -0.1) is 0 Å². The molecule has 4 rings (SSSR count). The van der Waals surface area contributed by atoms with Crippen LogP contribution in [0.5, 0.6) is 0 Å². The number of hydrogen-bond acceptors (Lipinski definition) is 4. The van der Waals surface area contributed by atoms with Crippen molar-refractivity contribution in [3.05, 3.63) is 60.2 Å². The number of carbonyl (C=O) groups excluding carboxylic acids is 2. The van der Waals surface area contributed by atoms with Crippen LogP contribution >= 0.6 is 0 Å². The van der Waals surface area contributed by atoms with E-state index in [2.05, 4.69) is 22.3 Å². The molecule has 0 spiro atoms. The van der Waals surface area contributed by atoms with Gasteiger partial charge < -0.3 is 11.1 Å². The molecule has 6 heteroatoms. The van der Waals surface area contributed by atoms with Gasteiger partial charge in [0.1, 0.15) is 5.54 Å². The number of para-hydroxylation sites is 2. The van der Waals surface area contributed by atoms with Crippen molar-refractivity contribution in [3.8, 4) is 0 Å². The number of rotatable bonds is 4. The number of likely N-dealkylation sites (tertiary alicyclic amines) is 1. The van der Waals surface area contributed by atoms with Crippen LogP contribution in [-0.4, -0.2) is 48.4 Å². The standard InChI is InChI=1S/C23H28N4O2/c1-23(2)22(29)25-19-10-6-7-11-20(19)27(23)21(28)15-26-13-17(12-24)18(14-26)16-8-4-3-5-9-16/h3-11,17-18H,12-15,24H2,1-2H3,(H,25,29)/t17-,18+/m1/s1. The van der Waals surface area contributed by atoms with Crippen LogP contribution < -0.4 is 16.0 Å². The topological polar surface area (TPSA) is 78.7 Å². The number of hydrogen-bond donors (Lipinski definition) is 2. The molecule has 1 fully saturated rings. The highest BCUT2D eigenvalue weighted by atomic mass is 16.2. The predicted molar refractivity (Wildman–Crippen MR) is 115 cm³/mol. The van der Waals surface area contributed by atoms with Gasteiger partial charge in [0.15, 0.2) is 0 Å². The molecule has 0 aliphatic carbocycles. The van der Waals surface area contributed by atoms with Gasteiger partial charge in [0.25, 0.3) is 0 Å². The summed E-state index contributed by atoms with van der Waals surface area (Å²) in [6, 6.07) is 17.8. The molecule has 0 radical (unpaired) electrons. The van der Waals surface area contributed by atoms with E-state index in [4.69, 9.17) is 5.73 Å². The minimum atomic E-state index is -0.947. The van der Waals surface area contributed by atoms with Crippen molar-refractivity contribution in [3.63, 3.8) is 0 Å². The molecule has 152 valence electrons. The van der Waals surface area contributed by atoms with E-state index >= 15 is 0 Å². The van der Waals surface area contributed by atoms with Crippen molar-refractivity contribution in [2.75, 3.05) is 36.4 Å². The van der Waals surface area contributed by atoms with Gasteiger partial charge in [0.2, 0.25) is 11.8 Å². The average Bonchev–Trinajstić information content (AvgIpc) is 3.12. The summed E-state index contributed by atoms with van der Waals surface area (Å²) in [6.45, 7) is 6.00. The molecule has 29 heavy (non-hydrogen) atoms. The third kappa shape index (κ3) is 3.54. The zero-order valence-electron chi connectivity index (χ0n) is 17.0. The number of amides is 2. The Morgan fingerprint density at radius 2 is 1.79 bits per heavy atom. The molecule has 2 heterocycles. The van der Waals surface area contributed by atoms with Gasteiger partial charge in [-0.3, -0.25) is 19.4 Å². The van der Waals surface area contributed by atoms with Crippen LogP contribution in [0.25, 0.3) is 0 Å². The Hall–Kier alpha value is -2.70. The summed E-state index contributed by atoms with van der Waals surface area (Å²) >= 11 is 0. The Morgan fingerprint density at radius 3 is 2.52 bits per heavy atom. The molecule has 3 N–H and O–H groups in total. The van der Waals surface area contributed by atoms with E-state index in [0.717, 1.165) is 18.8 Å². The zero-order valence-corrected chi connectivity index (χ0v) is 17.0. The molecule has 2 aliphatic rings. The summed E-state index contributed by atoms with van der Waals surface area (Å²) in [5.41, 5.74) is 7.79. The molecule has 1 saturated heterocycles. The number of nitrogens with one attached hydrogen (secondary N) is 1. The lowest BCUT2D eigenvalue weighted by Crippen LogP contribution is -2.60. The molecule has 2 amide bonds. The fraction of sp³-hybridized carbons (Fsp3) is 0.391. The first-order valence-corrected chi connectivity index (χ1v) is 10.1. The van der Waals surface area contributed by atoms with Crippen molar-refractivity contribution in [1.82, 2.24) is 4.90 Å². The first-order valence-electron chi connectivity index (χ1n) is 10.1. The van der Waals surface area contributed by atoms with Crippen LogP contribution in [0.1, 0.15) is 25.3 Å². The van der Waals surface area contributed by atoms with Crippen LogP contribution in [-0.2, 0) is 9.59 Å².